The van der Waals surface area contributed by atoms with Crippen LogP contribution in [-0.4, -0.2) is 43.9 Å². The van der Waals surface area contributed by atoms with E-state index in [0.717, 1.165) is 50.6 Å². The zero-order chi connectivity index (χ0) is 14.6. The number of unbranched alkanes of at least 4 members (excludes halogenated alkanes) is 1. The van der Waals surface area contributed by atoms with Gasteiger partial charge in [0.1, 0.15) is 18.2 Å². The number of ether oxygens (including phenoxy) is 2. The maximum Gasteiger partial charge on any atom is 0.158 e. The van der Waals surface area contributed by atoms with Gasteiger partial charge in [0.15, 0.2) is 5.82 Å². The van der Waals surface area contributed by atoms with Gasteiger partial charge < -0.3 is 20.1 Å². The van der Waals surface area contributed by atoms with Crippen molar-refractivity contribution in [2.45, 2.75) is 32.8 Å². The van der Waals surface area contributed by atoms with Crippen LogP contribution in [0.4, 0.5) is 11.6 Å². The highest BCUT2D eigenvalue weighted by molar-refractivity contribution is 5.47. The van der Waals surface area contributed by atoms with Gasteiger partial charge in [-0.25, -0.2) is 9.97 Å². The minimum absolute atomic E-state index is 0.417. The van der Waals surface area contributed by atoms with Crippen molar-refractivity contribution in [3.8, 4) is 0 Å². The molecular weight excluding hydrogens is 256 g/mol. The molecule has 0 saturated carbocycles. The predicted molar refractivity (Wildman–Crippen MR) is 81.1 cm³/mol. The number of methoxy groups -OCH3 is 2. The van der Waals surface area contributed by atoms with Crippen LogP contribution in [0.5, 0.6) is 0 Å². The first-order chi connectivity index (χ1) is 9.80. The standard InChI is InChI=1S/C14H26N4O2/c1-4-7-15-12-10-13(16-8-5-6-9-19-2)18-14(17-12)11-20-3/h10H,4-9,11H2,1-3H3,(H2,15,16,17,18). The molecule has 1 aromatic rings. The van der Waals surface area contributed by atoms with Gasteiger partial charge in [-0.2, -0.15) is 0 Å². The lowest BCUT2D eigenvalue weighted by Crippen LogP contribution is -2.10. The van der Waals surface area contributed by atoms with Gasteiger partial charge in [0.25, 0.3) is 0 Å². The molecule has 1 aromatic heterocycles. The zero-order valence-corrected chi connectivity index (χ0v) is 12.7. The van der Waals surface area contributed by atoms with Crippen molar-refractivity contribution in [1.82, 2.24) is 9.97 Å². The summed E-state index contributed by atoms with van der Waals surface area (Å²) in [6.07, 6.45) is 3.15. The Labute approximate surface area is 121 Å². The monoisotopic (exact) mass is 282 g/mol. The lowest BCUT2D eigenvalue weighted by molar-refractivity contribution is 0.178. The topological polar surface area (TPSA) is 68.3 Å². The molecule has 0 aromatic carbocycles. The highest BCUT2D eigenvalue weighted by Gasteiger charge is 2.04. The Morgan fingerprint density at radius 2 is 1.70 bits per heavy atom. The Balaban J connectivity index is 2.55. The summed E-state index contributed by atoms with van der Waals surface area (Å²) in [6.45, 7) is 5.11. The molecule has 0 aliphatic carbocycles. The van der Waals surface area contributed by atoms with E-state index in [1.54, 1.807) is 14.2 Å². The van der Waals surface area contributed by atoms with E-state index in [0.29, 0.717) is 12.4 Å². The molecule has 6 heteroatoms. The number of anilines is 2. The SMILES string of the molecule is CCCNc1cc(NCCCCOC)nc(COC)n1. The molecule has 0 amide bonds. The molecule has 0 spiro atoms. The second-order valence-electron chi connectivity index (χ2n) is 4.54. The molecule has 6 nitrogen and oxygen atoms in total. The van der Waals surface area contributed by atoms with Gasteiger partial charge in [0.05, 0.1) is 0 Å². The van der Waals surface area contributed by atoms with Gasteiger partial charge in [-0.1, -0.05) is 6.92 Å². The van der Waals surface area contributed by atoms with E-state index in [9.17, 15) is 0 Å². The average Bonchev–Trinajstić information content (AvgIpc) is 2.45. The molecule has 1 heterocycles. The van der Waals surface area contributed by atoms with Crippen molar-refractivity contribution in [2.75, 3.05) is 44.5 Å². The van der Waals surface area contributed by atoms with Gasteiger partial charge in [-0.3, -0.25) is 0 Å². The van der Waals surface area contributed by atoms with Crippen molar-refractivity contribution >= 4 is 11.6 Å². The Kier molecular flexibility index (Phi) is 8.66. The number of hydrogen-bond donors (Lipinski definition) is 2. The lowest BCUT2D eigenvalue weighted by atomic mass is 10.3. The molecule has 0 saturated heterocycles. The summed E-state index contributed by atoms with van der Waals surface area (Å²) in [5, 5.41) is 6.59. The summed E-state index contributed by atoms with van der Waals surface area (Å²) in [5.74, 6) is 2.37. The quantitative estimate of drug-likeness (QED) is 0.607. The molecule has 2 N–H and O–H groups in total. The number of rotatable bonds is 11. The number of nitrogens with zero attached hydrogens (tertiary/aromatic N) is 2. The van der Waals surface area contributed by atoms with Crippen LogP contribution in [-0.2, 0) is 16.1 Å². The summed E-state index contributed by atoms with van der Waals surface area (Å²) in [4.78, 5) is 8.84. The summed E-state index contributed by atoms with van der Waals surface area (Å²) in [7, 11) is 3.37. The van der Waals surface area contributed by atoms with Crippen LogP contribution < -0.4 is 10.6 Å². The van der Waals surface area contributed by atoms with Crippen LogP contribution in [0.25, 0.3) is 0 Å². The molecule has 20 heavy (non-hydrogen) atoms. The van der Waals surface area contributed by atoms with Gasteiger partial charge in [-0.15, -0.1) is 0 Å². The van der Waals surface area contributed by atoms with Gasteiger partial charge >= 0.3 is 0 Å². The maximum atomic E-state index is 5.10. The van der Waals surface area contributed by atoms with E-state index >= 15 is 0 Å². The van der Waals surface area contributed by atoms with Crippen LogP contribution in [0.1, 0.15) is 32.0 Å². The zero-order valence-electron chi connectivity index (χ0n) is 12.7. The van der Waals surface area contributed by atoms with Crippen LogP contribution >= 0.6 is 0 Å². The average molecular weight is 282 g/mol. The number of aromatic nitrogens is 2. The first kappa shape index (κ1) is 16.7. The van der Waals surface area contributed by atoms with Crippen molar-refractivity contribution in [3.63, 3.8) is 0 Å². The third kappa shape index (κ3) is 6.68. The summed E-state index contributed by atoms with van der Waals surface area (Å²) >= 11 is 0. The normalized spacial score (nSPS) is 10.6. The fraction of sp³-hybridized carbons (Fsp3) is 0.714. The Hall–Kier alpha value is -1.40. The van der Waals surface area contributed by atoms with Crippen molar-refractivity contribution in [2.24, 2.45) is 0 Å². The summed E-state index contributed by atoms with van der Waals surface area (Å²) in [6, 6.07) is 1.94. The molecule has 0 aliphatic heterocycles. The highest BCUT2D eigenvalue weighted by atomic mass is 16.5. The molecule has 0 bridgehead atoms. The van der Waals surface area contributed by atoms with E-state index in [2.05, 4.69) is 27.5 Å². The minimum atomic E-state index is 0.417. The minimum Gasteiger partial charge on any atom is -0.385 e. The molecule has 0 unspecified atom stereocenters. The fourth-order valence-corrected chi connectivity index (χ4v) is 1.71. The number of hydrogen-bond acceptors (Lipinski definition) is 6. The van der Waals surface area contributed by atoms with E-state index in [1.165, 1.54) is 0 Å². The smallest absolute Gasteiger partial charge is 0.158 e. The van der Waals surface area contributed by atoms with E-state index < -0.39 is 0 Å². The second-order valence-corrected chi connectivity index (χ2v) is 4.54. The molecule has 114 valence electrons. The van der Waals surface area contributed by atoms with Crippen LogP contribution in [0.15, 0.2) is 6.07 Å². The summed E-state index contributed by atoms with van der Waals surface area (Å²) < 4.78 is 10.1. The Bertz CT molecular complexity index is 374. The highest BCUT2D eigenvalue weighted by Crippen LogP contribution is 2.12. The first-order valence-electron chi connectivity index (χ1n) is 7.13. The summed E-state index contributed by atoms with van der Waals surface area (Å²) in [5.41, 5.74) is 0. The van der Waals surface area contributed by atoms with Crippen molar-refractivity contribution in [1.29, 1.82) is 0 Å². The van der Waals surface area contributed by atoms with E-state index in [-0.39, 0.29) is 0 Å². The van der Waals surface area contributed by atoms with Gasteiger partial charge in [-0.05, 0) is 19.3 Å². The van der Waals surface area contributed by atoms with E-state index in [4.69, 9.17) is 9.47 Å². The lowest BCUT2D eigenvalue weighted by Gasteiger charge is -2.10. The Morgan fingerprint density at radius 3 is 2.30 bits per heavy atom. The molecule has 1 rings (SSSR count). The molecule has 0 fully saturated rings. The van der Waals surface area contributed by atoms with Gasteiger partial charge in [0, 0.05) is 40.0 Å². The maximum absolute atomic E-state index is 5.10. The molecular formula is C14H26N4O2. The first-order valence-corrected chi connectivity index (χ1v) is 7.13. The predicted octanol–water partition coefficient (Wildman–Crippen LogP) is 2.28. The molecule has 0 radical (unpaired) electrons. The van der Waals surface area contributed by atoms with Crippen LogP contribution in [0.2, 0.25) is 0 Å². The molecule has 0 aliphatic rings. The van der Waals surface area contributed by atoms with Crippen molar-refractivity contribution in [3.05, 3.63) is 11.9 Å². The van der Waals surface area contributed by atoms with E-state index in [1.807, 2.05) is 6.07 Å². The Morgan fingerprint density at radius 1 is 1.00 bits per heavy atom. The number of nitrogens with one attached hydrogen (secondary N) is 2. The van der Waals surface area contributed by atoms with Gasteiger partial charge in [0.2, 0.25) is 0 Å². The second kappa shape index (κ2) is 10.4. The fourth-order valence-electron chi connectivity index (χ4n) is 1.71. The van der Waals surface area contributed by atoms with Crippen LogP contribution in [0.3, 0.4) is 0 Å². The third-order valence-corrected chi connectivity index (χ3v) is 2.68. The van der Waals surface area contributed by atoms with Crippen molar-refractivity contribution < 1.29 is 9.47 Å². The largest absolute Gasteiger partial charge is 0.385 e. The third-order valence-electron chi connectivity index (χ3n) is 2.68. The molecule has 0 atom stereocenters. The van der Waals surface area contributed by atoms with Crippen LogP contribution in [0, 0.1) is 0 Å².